The molecule has 2 amide bonds. The Labute approximate surface area is 116 Å². The third kappa shape index (κ3) is 2.59. The van der Waals surface area contributed by atoms with Crippen LogP contribution in [0.5, 0.6) is 0 Å². The van der Waals surface area contributed by atoms with Crippen molar-refractivity contribution >= 4 is 12.0 Å². The van der Waals surface area contributed by atoms with E-state index in [9.17, 15) is 19.1 Å². The molecule has 1 aromatic rings. The summed E-state index contributed by atoms with van der Waals surface area (Å²) in [6.45, 7) is 2.33. The van der Waals surface area contributed by atoms with Crippen molar-refractivity contribution in [2.24, 2.45) is 0 Å². The minimum absolute atomic E-state index is 0.0670. The Balaban J connectivity index is 2.32. The van der Waals surface area contributed by atoms with Crippen LogP contribution in [0, 0.1) is 5.82 Å². The number of hydrogen-bond acceptors (Lipinski definition) is 2. The van der Waals surface area contributed by atoms with E-state index in [-0.39, 0.29) is 12.0 Å². The highest BCUT2D eigenvalue weighted by Gasteiger charge is 2.43. The van der Waals surface area contributed by atoms with Gasteiger partial charge in [-0.25, -0.2) is 14.0 Å². The summed E-state index contributed by atoms with van der Waals surface area (Å²) in [4.78, 5) is 24.8. The molecule has 0 aliphatic carbocycles. The molecule has 1 aliphatic rings. The van der Waals surface area contributed by atoms with E-state index >= 15 is 0 Å². The number of urea groups is 1. The Morgan fingerprint density at radius 2 is 2.20 bits per heavy atom. The second-order valence-electron chi connectivity index (χ2n) is 5.08. The lowest BCUT2D eigenvalue weighted by atomic mass is 9.90. The van der Waals surface area contributed by atoms with Gasteiger partial charge in [0, 0.05) is 19.5 Å². The number of carboxylic acid groups (broad SMARTS) is 1. The van der Waals surface area contributed by atoms with Crippen LogP contribution >= 0.6 is 0 Å². The summed E-state index contributed by atoms with van der Waals surface area (Å²) in [5.74, 6) is -1.60. The topological polar surface area (TPSA) is 69.6 Å². The van der Waals surface area contributed by atoms with Gasteiger partial charge in [0.2, 0.25) is 0 Å². The van der Waals surface area contributed by atoms with Crippen molar-refractivity contribution in [3.8, 4) is 0 Å². The first-order valence-electron chi connectivity index (χ1n) is 6.47. The standard InChI is InChI=1S/C14H17FN2O3/c1-14(12(18)19,17-8-4-7-16-13(17)20)9-10-5-2-3-6-11(10)15/h2-3,5-6H,4,7-9H2,1H3,(H,16,20)(H,18,19). The van der Waals surface area contributed by atoms with Crippen molar-refractivity contribution in [2.45, 2.75) is 25.3 Å². The second-order valence-corrected chi connectivity index (χ2v) is 5.08. The van der Waals surface area contributed by atoms with Gasteiger partial charge < -0.3 is 15.3 Å². The van der Waals surface area contributed by atoms with E-state index < -0.39 is 23.4 Å². The second kappa shape index (κ2) is 5.48. The van der Waals surface area contributed by atoms with Gasteiger partial charge in [-0.05, 0) is 25.0 Å². The van der Waals surface area contributed by atoms with Crippen LogP contribution < -0.4 is 5.32 Å². The Morgan fingerprint density at radius 3 is 2.80 bits per heavy atom. The molecule has 0 radical (unpaired) electrons. The normalized spacial score (nSPS) is 18.3. The van der Waals surface area contributed by atoms with Crippen molar-refractivity contribution in [3.63, 3.8) is 0 Å². The Morgan fingerprint density at radius 1 is 1.50 bits per heavy atom. The average Bonchev–Trinajstić information content (AvgIpc) is 2.41. The highest BCUT2D eigenvalue weighted by Crippen LogP contribution is 2.24. The summed E-state index contributed by atoms with van der Waals surface area (Å²) < 4.78 is 13.7. The Kier molecular flexibility index (Phi) is 3.92. The van der Waals surface area contributed by atoms with Gasteiger partial charge in [-0.15, -0.1) is 0 Å². The number of carboxylic acids is 1. The predicted molar refractivity (Wildman–Crippen MR) is 70.9 cm³/mol. The smallest absolute Gasteiger partial charge is 0.329 e. The number of aliphatic carboxylic acids is 1. The van der Waals surface area contributed by atoms with Crippen LogP contribution in [-0.4, -0.2) is 40.6 Å². The maximum Gasteiger partial charge on any atom is 0.329 e. The number of rotatable bonds is 4. The van der Waals surface area contributed by atoms with Crippen LogP contribution in [0.2, 0.25) is 0 Å². The summed E-state index contributed by atoms with van der Waals surface area (Å²) >= 11 is 0. The van der Waals surface area contributed by atoms with Gasteiger partial charge >= 0.3 is 12.0 Å². The number of nitrogens with zero attached hydrogens (tertiary/aromatic N) is 1. The van der Waals surface area contributed by atoms with Crippen molar-refractivity contribution in [3.05, 3.63) is 35.6 Å². The zero-order valence-electron chi connectivity index (χ0n) is 11.2. The molecule has 0 spiro atoms. The van der Waals surface area contributed by atoms with Crippen LogP contribution in [0.15, 0.2) is 24.3 Å². The van der Waals surface area contributed by atoms with Crippen molar-refractivity contribution < 1.29 is 19.1 Å². The highest BCUT2D eigenvalue weighted by atomic mass is 19.1. The molecule has 6 heteroatoms. The van der Waals surface area contributed by atoms with E-state index in [1.54, 1.807) is 18.2 Å². The van der Waals surface area contributed by atoms with Gasteiger partial charge in [0.25, 0.3) is 0 Å². The van der Waals surface area contributed by atoms with E-state index in [1.807, 2.05) is 0 Å². The maximum atomic E-state index is 13.7. The van der Waals surface area contributed by atoms with E-state index in [0.29, 0.717) is 19.5 Å². The third-order valence-electron chi connectivity index (χ3n) is 3.63. The van der Waals surface area contributed by atoms with Gasteiger partial charge in [0.1, 0.15) is 11.4 Å². The lowest BCUT2D eigenvalue weighted by molar-refractivity contribution is -0.149. The van der Waals surface area contributed by atoms with E-state index in [4.69, 9.17) is 0 Å². The van der Waals surface area contributed by atoms with Gasteiger partial charge in [-0.1, -0.05) is 18.2 Å². The number of hydrogen-bond donors (Lipinski definition) is 2. The van der Waals surface area contributed by atoms with Crippen molar-refractivity contribution in [1.29, 1.82) is 0 Å². The molecular formula is C14H17FN2O3. The molecule has 1 atom stereocenters. The molecule has 1 aliphatic heterocycles. The number of nitrogens with one attached hydrogen (secondary N) is 1. The number of carbonyl (C=O) groups excluding carboxylic acids is 1. The fourth-order valence-corrected chi connectivity index (χ4v) is 2.40. The van der Waals surface area contributed by atoms with E-state index in [2.05, 4.69) is 5.32 Å². The molecule has 0 bridgehead atoms. The predicted octanol–water partition coefficient (Wildman–Crippen LogP) is 1.63. The first-order valence-corrected chi connectivity index (χ1v) is 6.47. The van der Waals surface area contributed by atoms with E-state index in [1.165, 1.54) is 17.9 Å². The molecule has 20 heavy (non-hydrogen) atoms. The van der Waals surface area contributed by atoms with Crippen molar-refractivity contribution in [2.75, 3.05) is 13.1 Å². The molecule has 1 aromatic carbocycles. The molecule has 2 N–H and O–H groups in total. The number of carbonyl (C=O) groups is 2. The average molecular weight is 280 g/mol. The lowest BCUT2D eigenvalue weighted by Crippen LogP contribution is -2.61. The van der Waals surface area contributed by atoms with Crippen LogP contribution in [-0.2, 0) is 11.2 Å². The maximum absolute atomic E-state index is 13.7. The first-order chi connectivity index (χ1) is 9.45. The number of halogens is 1. The minimum Gasteiger partial charge on any atom is -0.479 e. The molecular weight excluding hydrogens is 263 g/mol. The van der Waals surface area contributed by atoms with Gasteiger partial charge in [0.15, 0.2) is 0 Å². The number of amides is 2. The molecule has 1 unspecified atom stereocenters. The molecule has 5 nitrogen and oxygen atoms in total. The fraction of sp³-hybridized carbons (Fsp3) is 0.429. The van der Waals surface area contributed by atoms with Gasteiger partial charge in [-0.2, -0.15) is 0 Å². The van der Waals surface area contributed by atoms with E-state index in [0.717, 1.165) is 0 Å². The number of benzene rings is 1. The van der Waals surface area contributed by atoms with Crippen LogP contribution in [0.1, 0.15) is 18.9 Å². The van der Waals surface area contributed by atoms with Crippen molar-refractivity contribution in [1.82, 2.24) is 10.2 Å². The summed E-state index contributed by atoms with van der Waals surface area (Å²) in [7, 11) is 0. The van der Waals surface area contributed by atoms with Gasteiger partial charge in [0.05, 0.1) is 0 Å². The molecule has 0 aromatic heterocycles. The molecule has 1 saturated heterocycles. The van der Waals surface area contributed by atoms with Crippen LogP contribution in [0.3, 0.4) is 0 Å². The zero-order chi connectivity index (χ0) is 14.8. The van der Waals surface area contributed by atoms with Crippen LogP contribution in [0.4, 0.5) is 9.18 Å². The Bertz CT molecular complexity index is 535. The van der Waals surface area contributed by atoms with Crippen LogP contribution in [0.25, 0.3) is 0 Å². The highest BCUT2D eigenvalue weighted by molar-refractivity contribution is 5.86. The summed E-state index contributed by atoms with van der Waals surface area (Å²) in [6.07, 6.45) is 0.605. The quantitative estimate of drug-likeness (QED) is 0.880. The summed E-state index contributed by atoms with van der Waals surface area (Å²) in [6, 6.07) is 5.60. The largest absolute Gasteiger partial charge is 0.479 e. The molecule has 2 rings (SSSR count). The van der Waals surface area contributed by atoms with Gasteiger partial charge in [-0.3, -0.25) is 0 Å². The minimum atomic E-state index is -1.47. The lowest BCUT2D eigenvalue weighted by Gasteiger charge is -2.40. The SMILES string of the molecule is CC(Cc1ccccc1F)(C(=O)O)N1CCCNC1=O. The Hall–Kier alpha value is -2.11. The molecule has 0 saturated carbocycles. The fourth-order valence-electron chi connectivity index (χ4n) is 2.40. The third-order valence-corrected chi connectivity index (χ3v) is 3.63. The first kappa shape index (κ1) is 14.3. The summed E-state index contributed by atoms with van der Waals surface area (Å²) in [5, 5.41) is 12.1. The zero-order valence-corrected chi connectivity index (χ0v) is 11.2. The monoisotopic (exact) mass is 280 g/mol. The summed E-state index contributed by atoms with van der Waals surface area (Å²) in [5.41, 5.74) is -1.18. The molecule has 1 heterocycles. The molecule has 108 valence electrons. The molecule has 1 fully saturated rings.